The first-order valence-corrected chi connectivity index (χ1v) is 9.26. The summed E-state index contributed by atoms with van der Waals surface area (Å²) in [6.45, 7) is 10.9. The second-order valence-corrected chi connectivity index (χ2v) is 6.27. The Morgan fingerprint density at radius 1 is 1.12 bits per heavy atom. The third-order valence-corrected chi connectivity index (χ3v) is 4.27. The third-order valence-electron chi connectivity index (χ3n) is 4.27. The molecule has 0 N–H and O–H groups in total. The first kappa shape index (κ1) is 22.1. The van der Waals surface area contributed by atoms with Gasteiger partial charge < -0.3 is 23.7 Å². The van der Waals surface area contributed by atoms with E-state index in [1.54, 1.807) is 7.11 Å². The second kappa shape index (κ2) is 12.4. The maximum atomic E-state index is 11.2. The predicted molar refractivity (Wildman–Crippen MR) is 95.3 cm³/mol. The summed E-state index contributed by atoms with van der Waals surface area (Å²) in [5.74, 6) is -0.450. The van der Waals surface area contributed by atoms with Gasteiger partial charge >= 0.3 is 5.97 Å². The van der Waals surface area contributed by atoms with Crippen LogP contribution in [-0.2, 0) is 28.5 Å². The van der Waals surface area contributed by atoms with Crippen LogP contribution in [0.1, 0.15) is 46.5 Å². The molecule has 0 saturated carbocycles. The van der Waals surface area contributed by atoms with Gasteiger partial charge in [0.2, 0.25) is 0 Å². The van der Waals surface area contributed by atoms with E-state index in [4.69, 9.17) is 23.7 Å². The summed E-state index contributed by atoms with van der Waals surface area (Å²) in [7, 11) is 1.59. The summed E-state index contributed by atoms with van der Waals surface area (Å²) in [6, 6.07) is 0. The van der Waals surface area contributed by atoms with Crippen molar-refractivity contribution in [3.63, 3.8) is 0 Å². The zero-order chi connectivity index (χ0) is 18.7. The average Bonchev–Trinajstić information content (AvgIpc) is 2.60. The minimum Gasteiger partial charge on any atom is -0.463 e. The molecule has 0 aliphatic carbocycles. The molecule has 1 aliphatic rings. The maximum absolute atomic E-state index is 11.2. The minimum absolute atomic E-state index is 0.104. The molecule has 1 aliphatic heterocycles. The molecule has 1 fully saturated rings. The van der Waals surface area contributed by atoms with Gasteiger partial charge in [-0.2, -0.15) is 0 Å². The van der Waals surface area contributed by atoms with Crippen molar-refractivity contribution < 1.29 is 28.5 Å². The molecule has 0 radical (unpaired) electrons. The van der Waals surface area contributed by atoms with Gasteiger partial charge in [-0.25, -0.2) is 0 Å². The largest absolute Gasteiger partial charge is 0.463 e. The summed E-state index contributed by atoms with van der Waals surface area (Å²) in [5, 5.41) is 0. The molecule has 146 valence electrons. The summed E-state index contributed by atoms with van der Waals surface area (Å²) in [5.41, 5.74) is 0. The molecule has 0 bridgehead atoms. The third kappa shape index (κ3) is 7.05. The van der Waals surface area contributed by atoms with Gasteiger partial charge in [-0.3, -0.25) is 4.79 Å². The van der Waals surface area contributed by atoms with Gasteiger partial charge in [0, 0.05) is 33.2 Å². The highest BCUT2D eigenvalue weighted by atomic mass is 16.7. The Balaban J connectivity index is 2.89. The molecule has 1 rings (SSSR count). The fourth-order valence-electron chi connectivity index (χ4n) is 2.87. The van der Waals surface area contributed by atoms with Crippen molar-refractivity contribution in [1.29, 1.82) is 0 Å². The number of ether oxygens (including phenoxy) is 5. The van der Waals surface area contributed by atoms with Gasteiger partial charge in [-0.15, -0.1) is 6.58 Å². The lowest BCUT2D eigenvalue weighted by Gasteiger charge is -2.44. The van der Waals surface area contributed by atoms with E-state index >= 15 is 0 Å². The summed E-state index contributed by atoms with van der Waals surface area (Å²) >= 11 is 0. The van der Waals surface area contributed by atoms with Crippen molar-refractivity contribution in [3.8, 4) is 0 Å². The number of carbonyl (C=O) groups is 1. The topological polar surface area (TPSA) is 63.2 Å². The van der Waals surface area contributed by atoms with E-state index in [2.05, 4.69) is 20.4 Å². The van der Waals surface area contributed by atoms with Crippen LogP contribution >= 0.6 is 0 Å². The maximum Gasteiger partial charge on any atom is 0.302 e. The lowest BCUT2D eigenvalue weighted by molar-refractivity contribution is -0.292. The SMILES string of the molecule is C=C[C@@H]1[C@H](OCCCC)[C@@H](OC)O[C@H](COC(C)=O)[C@H]1OCCCC. The van der Waals surface area contributed by atoms with Crippen LogP contribution in [0.2, 0.25) is 0 Å². The molecule has 0 aromatic carbocycles. The van der Waals surface area contributed by atoms with E-state index in [9.17, 15) is 4.79 Å². The Bertz CT molecular complexity index is 386. The number of hydrogen-bond acceptors (Lipinski definition) is 6. The molecule has 0 spiro atoms. The van der Waals surface area contributed by atoms with E-state index in [0.717, 1.165) is 25.7 Å². The zero-order valence-corrected chi connectivity index (χ0v) is 16.1. The Morgan fingerprint density at radius 3 is 2.20 bits per heavy atom. The minimum atomic E-state index is -0.550. The van der Waals surface area contributed by atoms with E-state index in [1.807, 2.05) is 6.08 Å². The molecule has 5 atom stereocenters. The smallest absolute Gasteiger partial charge is 0.302 e. The molecule has 1 saturated heterocycles. The quantitative estimate of drug-likeness (QED) is 0.303. The van der Waals surface area contributed by atoms with E-state index in [-0.39, 0.29) is 30.7 Å². The predicted octanol–water partition coefficient (Wildman–Crippen LogP) is 3.09. The molecule has 1 heterocycles. The van der Waals surface area contributed by atoms with Crippen LogP contribution in [-0.4, -0.2) is 57.5 Å². The summed E-state index contributed by atoms with van der Waals surface area (Å²) in [4.78, 5) is 11.2. The lowest BCUT2D eigenvalue weighted by Crippen LogP contribution is -2.57. The van der Waals surface area contributed by atoms with Gasteiger partial charge in [-0.1, -0.05) is 32.8 Å². The standard InChI is InChI=1S/C19H34O6/c1-6-9-11-22-17-15(8-3)18(23-12-10-7-2)19(21-5)25-16(17)13-24-14(4)20/h8,15-19H,3,6-7,9-13H2,1-2,4-5H3/t15-,16+,17-,18-,19-/m0/s1. The van der Waals surface area contributed by atoms with Crippen molar-refractivity contribution in [3.05, 3.63) is 12.7 Å². The molecule has 0 amide bonds. The van der Waals surface area contributed by atoms with Crippen molar-refractivity contribution >= 4 is 5.97 Å². The normalized spacial score (nSPS) is 29.4. The molecule has 25 heavy (non-hydrogen) atoms. The molecule has 0 aromatic heterocycles. The fraction of sp³-hybridized carbons (Fsp3) is 0.842. The highest BCUT2D eigenvalue weighted by Gasteiger charge is 2.46. The zero-order valence-electron chi connectivity index (χ0n) is 16.1. The van der Waals surface area contributed by atoms with Crippen molar-refractivity contribution in [1.82, 2.24) is 0 Å². The van der Waals surface area contributed by atoms with Crippen LogP contribution in [0.15, 0.2) is 12.7 Å². The number of carbonyl (C=O) groups excluding carboxylic acids is 1. The molecule has 0 unspecified atom stereocenters. The second-order valence-electron chi connectivity index (χ2n) is 6.27. The molecule has 0 aromatic rings. The number of hydrogen-bond donors (Lipinski definition) is 0. The van der Waals surface area contributed by atoms with Crippen LogP contribution < -0.4 is 0 Å². The molecular weight excluding hydrogens is 324 g/mol. The summed E-state index contributed by atoms with van der Waals surface area (Å²) in [6.07, 6.45) is 4.29. The van der Waals surface area contributed by atoms with Gasteiger partial charge in [0.25, 0.3) is 0 Å². The van der Waals surface area contributed by atoms with Crippen molar-refractivity contribution in [2.45, 2.75) is 71.1 Å². The first-order chi connectivity index (χ1) is 12.1. The molecule has 6 nitrogen and oxygen atoms in total. The Morgan fingerprint density at radius 2 is 1.72 bits per heavy atom. The van der Waals surface area contributed by atoms with Crippen LogP contribution in [0.4, 0.5) is 0 Å². The number of esters is 1. The van der Waals surface area contributed by atoms with Crippen LogP contribution in [0.5, 0.6) is 0 Å². The van der Waals surface area contributed by atoms with Crippen LogP contribution in [0.3, 0.4) is 0 Å². The highest BCUT2D eigenvalue weighted by Crippen LogP contribution is 2.32. The Kier molecular flexibility index (Phi) is 11.0. The number of unbranched alkanes of at least 4 members (excludes halogenated alkanes) is 2. The molecule has 6 heteroatoms. The lowest BCUT2D eigenvalue weighted by atomic mass is 9.88. The first-order valence-electron chi connectivity index (χ1n) is 9.26. The van der Waals surface area contributed by atoms with Gasteiger partial charge in [0.1, 0.15) is 18.8 Å². The Labute approximate surface area is 151 Å². The number of methoxy groups -OCH3 is 1. The van der Waals surface area contributed by atoms with E-state index < -0.39 is 12.4 Å². The molecular formula is C19H34O6. The fourth-order valence-corrected chi connectivity index (χ4v) is 2.87. The van der Waals surface area contributed by atoms with Gasteiger partial charge in [-0.05, 0) is 12.8 Å². The van der Waals surface area contributed by atoms with E-state index in [0.29, 0.717) is 13.2 Å². The van der Waals surface area contributed by atoms with Crippen molar-refractivity contribution in [2.75, 3.05) is 26.9 Å². The average molecular weight is 358 g/mol. The highest BCUT2D eigenvalue weighted by molar-refractivity contribution is 5.65. The Hall–Kier alpha value is -0.950. The van der Waals surface area contributed by atoms with E-state index in [1.165, 1.54) is 6.92 Å². The van der Waals surface area contributed by atoms with Crippen LogP contribution in [0, 0.1) is 5.92 Å². The monoisotopic (exact) mass is 358 g/mol. The van der Waals surface area contributed by atoms with Crippen molar-refractivity contribution in [2.24, 2.45) is 5.92 Å². The van der Waals surface area contributed by atoms with Crippen LogP contribution in [0.25, 0.3) is 0 Å². The summed E-state index contributed by atoms with van der Waals surface area (Å²) < 4.78 is 28.8. The van der Waals surface area contributed by atoms with Gasteiger partial charge in [0.05, 0.1) is 6.10 Å². The number of rotatable bonds is 12. The van der Waals surface area contributed by atoms with Gasteiger partial charge in [0.15, 0.2) is 6.29 Å².